The largest absolute Gasteiger partial charge is 0.497 e. The number of amides is 1. The maximum atomic E-state index is 13.2. The van der Waals surface area contributed by atoms with Crippen LogP contribution in [0, 0.1) is 13.8 Å². The molecule has 162 valence electrons. The SMILES string of the molecule is CC/C=C(/Cl)c1cc(C(=O)N2CCC(F)CC2)cnc1C.COc1ccc(C)cc1. The van der Waals surface area contributed by atoms with E-state index in [-0.39, 0.29) is 5.91 Å². The molecule has 0 saturated carbocycles. The van der Waals surface area contributed by atoms with E-state index in [4.69, 9.17) is 16.3 Å². The summed E-state index contributed by atoms with van der Waals surface area (Å²) in [6.45, 7) is 6.84. The second kappa shape index (κ2) is 11.7. The highest BCUT2D eigenvalue weighted by Gasteiger charge is 2.24. The third-order valence-corrected chi connectivity index (χ3v) is 5.30. The van der Waals surface area contributed by atoms with E-state index < -0.39 is 6.17 Å². The number of methoxy groups -OCH3 is 1. The molecule has 1 aliphatic heterocycles. The molecule has 0 N–H and O–H groups in total. The lowest BCUT2D eigenvalue weighted by Crippen LogP contribution is -2.39. The second-order valence-electron chi connectivity index (χ2n) is 7.30. The first kappa shape index (κ1) is 23.9. The summed E-state index contributed by atoms with van der Waals surface area (Å²) in [5, 5.41) is 0.611. The average molecular weight is 433 g/mol. The van der Waals surface area contributed by atoms with Gasteiger partial charge in [0.25, 0.3) is 5.91 Å². The molecular weight excluding hydrogens is 403 g/mol. The maximum absolute atomic E-state index is 13.2. The predicted molar refractivity (Wildman–Crippen MR) is 121 cm³/mol. The number of aryl methyl sites for hydroxylation is 2. The Hall–Kier alpha value is -2.40. The lowest BCUT2D eigenvalue weighted by atomic mass is 10.1. The van der Waals surface area contributed by atoms with E-state index in [9.17, 15) is 9.18 Å². The number of pyridine rings is 1. The van der Waals surface area contributed by atoms with Gasteiger partial charge in [-0.15, -0.1) is 0 Å². The number of piperidine rings is 1. The topological polar surface area (TPSA) is 42.4 Å². The van der Waals surface area contributed by atoms with Crippen molar-refractivity contribution in [3.63, 3.8) is 0 Å². The van der Waals surface area contributed by atoms with Crippen molar-refractivity contribution in [2.45, 2.75) is 46.2 Å². The molecule has 4 nitrogen and oxygen atoms in total. The molecule has 6 heteroatoms. The normalized spacial score (nSPS) is 14.7. The van der Waals surface area contributed by atoms with E-state index in [2.05, 4.69) is 11.9 Å². The number of benzene rings is 1. The van der Waals surface area contributed by atoms with Gasteiger partial charge in [0, 0.05) is 35.6 Å². The quantitative estimate of drug-likeness (QED) is 0.598. The highest BCUT2D eigenvalue weighted by Crippen LogP contribution is 2.24. The molecule has 1 aromatic carbocycles. The van der Waals surface area contributed by atoms with Crippen molar-refractivity contribution < 1.29 is 13.9 Å². The summed E-state index contributed by atoms with van der Waals surface area (Å²) >= 11 is 6.24. The number of aromatic nitrogens is 1. The van der Waals surface area contributed by atoms with Gasteiger partial charge < -0.3 is 9.64 Å². The van der Waals surface area contributed by atoms with Gasteiger partial charge >= 0.3 is 0 Å². The van der Waals surface area contributed by atoms with Gasteiger partial charge in [-0.3, -0.25) is 9.78 Å². The Morgan fingerprint density at radius 3 is 2.47 bits per heavy atom. The Kier molecular flexibility index (Phi) is 9.31. The van der Waals surface area contributed by atoms with E-state index in [1.807, 2.05) is 44.2 Å². The Labute approximate surface area is 183 Å². The summed E-state index contributed by atoms with van der Waals surface area (Å²) in [5.41, 5.74) is 3.35. The minimum Gasteiger partial charge on any atom is -0.497 e. The predicted octanol–water partition coefficient (Wildman–Crippen LogP) is 5.96. The third kappa shape index (κ3) is 6.84. The van der Waals surface area contributed by atoms with Crippen LogP contribution < -0.4 is 4.74 Å². The van der Waals surface area contributed by atoms with Gasteiger partial charge in [-0.05, 0) is 51.3 Å². The number of hydrogen-bond donors (Lipinski definition) is 0. The van der Waals surface area contributed by atoms with Crippen LogP contribution in [0.5, 0.6) is 5.75 Å². The molecule has 1 saturated heterocycles. The van der Waals surface area contributed by atoms with Gasteiger partial charge in [-0.1, -0.05) is 42.3 Å². The van der Waals surface area contributed by atoms with Gasteiger partial charge in [0.15, 0.2) is 0 Å². The number of ether oxygens (including phenoxy) is 1. The lowest BCUT2D eigenvalue weighted by molar-refractivity contribution is 0.0666. The minimum absolute atomic E-state index is 0.100. The Morgan fingerprint density at radius 1 is 1.27 bits per heavy atom. The summed E-state index contributed by atoms with van der Waals surface area (Å²) in [5.74, 6) is 0.817. The van der Waals surface area contributed by atoms with E-state index in [0.29, 0.717) is 36.5 Å². The molecule has 0 atom stereocenters. The zero-order valence-electron chi connectivity index (χ0n) is 18.1. The number of hydrogen-bond acceptors (Lipinski definition) is 3. The fourth-order valence-electron chi connectivity index (χ4n) is 3.09. The second-order valence-corrected chi connectivity index (χ2v) is 7.71. The molecule has 1 aliphatic rings. The van der Waals surface area contributed by atoms with Crippen LogP contribution in [0.25, 0.3) is 5.03 Å². The van der Waals surface area contributed by atoms with Crippen LogP contribution in [0.2, 0.25) is 0 Å². The molecule has 2 heterocycles. The van der Waals surface area contributed by atoms with Crippen molar-refractivity contribution in [2.75, 3.05) is 20.2 Å². The monoisotopic (exact) mass is 432 g/mol. The van der Waals surface area contributed by atoms with Gasteiger partial charge in [-0.2, -0.15) is 0 Å². The van der Waals surface area contributed by atoms with Crippen LogP contribution in [0.15, 0.2) is 42.6 Å². The summed E-state index contributed by atoms with van der Waals surface area (Å²) < 4.78 is 18.1. The molecule has 1 fully saturated rings. The molecular formula is C24H30ClFN2O2. The van der Waals surface area contributed by atoms with Crippen molar-refractivity contribution in [2.24, 2.45) is 0 Å². The van der Waals surface area contributed by atoms with Crippen LogP contribution in [-0.2, 0) is 0 Å². The summed E-state index contributed by atoms with van der Waals surface area (Å²) in [7, 11) is 1.67. The molecule has 0 bridgehead atoms. The number of likely N-dealkylation sites (tertiary alicyclic amines) is 1. The van der Waals surface area contributed by atoms with E-state index in [1.54, 1.807) is 24.3 Å². The number of rotatable bonds is 4. The number of carbonyl (C=O) groups excluding carboxylic acids is 1. The Morgan fingerprint density at radius 2 is 1.90 bits per heavy atom. The van der Waals surface area contributed by atoms with Gasteiger partial charge in [0.1, 0.15) is 11.9 Å². The zero-order chi connectivity index (χ0) is 22.1. The molecule has 2 aromatic rings. The fourth-order valence-corrected chi connectivity index (χ4v) is 3.43. The smallest absolute Gasteiger partial charge is 0.255 e. The molecule has 0 aliphatic carbocycles. The Balaban J connectivity index is 0.000000297. The van der Waals surface area contributed by atoms with Crippen LogP contribution in [0.1, 0.15) is 53.4 Å². The minimum atomic E-state index is -0.789. The maximum Gasteiger partial charge on any atom is 0.255 e. The first-order valence-electron chi connectivity index (χ1n) is 10.2. The van der Waals surface area contributed by atoms with Gasteiger partial charge in [-0.25, -0.2) is 4.39 Å². The van der Waals surface area contributed by atoms with Crippen LogP contribution in [-0.4, -0.2) is 42.2 Å². The highest BCUT2D eigenvalue weighted by atomic mass is 35.5. The van der Waals surface area contributed by atoms with Crippen molar-refractivity contribution in [3.05, 3.63) is 65.0 Å². The number of nitrogens with zero attached hydrogens (tertiary/aromatic N) is 2. The summed E-state index contributed by atoms with van der Waals surface area (Å²) in [6, 6.07) is 9.74. The van der Waals surface area contributed by atoms with E-state index in [1.165, 1.54) is 5.56 Å². The molecule has 3 rings (SSSR count). The molecule has 0 unspecified atom stereocenters. The lowest BCUT2D eigenvalue weighted by Gasteiger charge is -2.28. The standard InChI is InChI=1S/C16H20ClFN2O.C8H10O/c1-3-4-15(17)14-9-12(10-19-11(14)2)16(21)20-7-5-13(18)6-8-20;1-7-3-5-8(9-2)6-4-7/h4,9-10,13H,3,5-8H2,1-2H3;3-6H,1-2H3/b15-4+;. The van der Waals surface area contributed by atoms with Crippen molar-refractivity contribution in [3.8, 4) is 5.75 Å². The molecule has 1 amide bonds. The molecule has 0 radical (unpaired) electrons. The van der Waals surface area contributed by atoms with Crippen LogP contribution in [0.4, 0.5) is 4.39 Å². The highest BCUT2D eigenvalue weighted by molar-refractivity contribution is 6.48. The number of carbonyl (C=O) groups is 1. The molecule has 0 spiro atoms. The van der Waals surface area contributed by atoms with E-state index in [0.717, 1.165) is 23.4 Å². The van der Waals surface area contributed by atoms with Crippen molar-refractivity contribution in [1.29, 1.82) is 0 Å². The number of alkyl halides is 1. The first-order chi connectivity index (χ1) is 14.3. The van der Waals surface area contributed by atoms with E-state index >= 15 is 0 Å². The average Bonchev–Trinajstić information content (AvgIpc) is 2.75. The first-order valence-corrected chi connectivity index (χ1v) is 10.6. The fraction of sp³-hybridized carbons (Fsp3) is 0.417. The summed E-state index contributed by atoms with van der Waals surface area (Å²) in [6.07, 6.45) is 4.32. The van der Waals surface area contributed by atoms with Crippen molar-refractivity contribution >= 4 is 22.5 Å². The summed E-state index contributed by atoms with van der Waals surface area (Å²) in [4.78, 5) is 18.4. The van der Waals surface area contributed by atoms with Gasteiger partial charge in [0.2, 0.25) is 0 Å². The van der Waals surface area contributed by atoms with Crippen LogP contribution in [0.3, 0.4) is 0 Å². The number of allylic oxidation sites excluding steroid dienone is 1. The zero-order valence-corrected chi connectivity index (χ0v) is 18.9. The Bertz CT molecular complexity index is 860. The molecule has 30 heavy (non-hydrogen) atoms. The van der Waals surface area contributed by atoms with Crippen LogP contribution >= 0.6 is 11.6 Å². The van der Waals surface area contributed by atoms with Crippen molar-refractivity contribution in [1.82, 2.24) is 9.88 Å². The van der Waals surface area contributed by atoms with Gasteiger partial charge in [0.05, 0.1) is 12.7 Å². The number of halogens is 2. The molecule has 1 aromatic heterocycles. The third-order valence-electron chi connectivity index (χ3n) is 4.94.